The number of anilines is 1. The van der Waals surface area contributed by atoms with E-state index >= 15 is 0 Å². The third kappa shape index (κ3) is 9.35. The summed E-state index contributed by atoms with van der Waals surface area (Å²) in [5.41, 5.74) is 5.18. The van der Waals surface area contributed by atoms with Crippen LogP contribution in [0.3, 0.4) is 0 Å². The van der Waals surface area contributed by atoms with E-state index in [9.17, 15) is 19.1 Å². The lowest BCUT2D eigenvalue weighted by Crippen LogP contribution is -2.45. The number of benzene rings is 3. The third-order valence-corrected chi connectivity index (χ3v) is 13.9. The maximum Gasteiger partial charge on any atom is 0.308 e. The summed E-state index contributed by atoms with van der Waals surface area (Å²) in [5.74, 6) is -1.01. The van der Waals surface area contributed by atoms with Crippen LogP contribution >= 0.6 is 0 Å². The molecule has 0 spiro atoms. The zero-order chi connectivity index (χ0) is 35.9. The number of ether oxygens (including phenoxy) is 1. The fourth-order valence-electron chi connectivity index (χ4n) is 5.96. The van der Waals surface area contributed by atoms with Crippen molar-refractivity contribution in [1.82, 2.24) is 4.57 Å². The van der Waals surface area contributed by atoms with Crippen molar-refractivity contribution in [1.29, 1.82) is 0 Å². The zero-order valence-electron chi connectivity index (χ0n) is 30.0. The average molecular weight is 687 g/mol. The Morgan fingerprint density at radius 3 is 2.02 bits per heavy atom. The molecule has 7 nitrogen and oxygen atoms in total. The van der Waals surface area contributed by atoms with Gasteiger partial charge in [0.05, 0.1) is 25.7 Å². The molecule has 0 aliphatic carbocycles. The van der Waals surface area contributed by atoms with Crippen LogP contribution in [0, 0.1) is 5.82 Å². The van der Waals surface area contributed by atoms with Gasteiger partial charge in [0.25, 0.3) is 5.91 Å². The molecule has 1 amide bonds. The number of amides is 1. The number of aliphatic hydroxyl groups excluding tert-OH is 1. The van der Waals surface area contributed by atoms with Crippen LogP contribution in [0.1, 0.15) is 76.1 Å². The van der Waals surface area contributed by atoms with Crippen molar-refractivity contribution in [3.8, 4) is 22.3 Å². The minimum atomic E-state index is -2.27. The van der Waals surface area contributed by atoms with E-state index in [1.807, 2.05) is 79.1 Å². The molecule has 1 aromatic heterocycles. The van der Waals surface area contributed by atoms with Crippen LogP contribution in [0.5, 0.6) is 0 Å². The molecule has 2 N–H and O–H groups in total. The molecule has 1 unspecified atom stereocenters. The van der Waals surface area contributed by atoms with E-state index < -0.39 is 20.5 Å². The molecule has 0 fully saturated rings. The molecule has 0 radical (unpaired) electrons. The van der Waals surface area contributed by atoms with E-state index in [4.69, 9.17) is 9.16 Å². The standard InChI is InChI=1S/C40H51FN2O5Si/c1-27(2)43-34(24-23-32(44)25-33(26-35(45)47-6)48-49(7,8)40(3,4)5)36(29-19-21-30(41)22-20-29)37(28-15-11-9-12-16-28)38(43)39(46)42-31-17-13-10-14-18-31/h9-22,27,32-33,44H,23-26H2,1-8H3,(H,42,46)/t32?,33-/m1/s1. The highest BCUT2D eigenvalue weighted by molar-refractivity contribution is 6.74. The smallest absolute Gasteiger partial charge is 0.308 e. The third-order valence-electron chi connectivity index (χ3n) is 9.40. The summed E-state index contributed by atoms with van der Waals surface area (Å²) in [4.78, 5) is 26.7. The average Bonchev–Trinajstić information content (AvgIpc) is 3.40. The fraction of sp³-hybridized carbons (Fsp3) is 0.400. The largest absolute Gasteiger partial charge is 0.469 e. The molecule has 0 saturated carbocycles. The second-order valence-electron chi connectivity index (χ2n) is 14.4. The van der Waals surface area contributed by atoms with Gasteiger partial charge in [0, 0.05) is 28.6 Å². The number of para-hydroxylation sites is 1. The monoisotopic (exact) mass is 686 g/mol. The van der Waals surface area contributed by atoms with Crippen molar-refractivity contribution in [2.45, 2.75) is 96.7 Å². The number of rotatable bonds is 14. The molecule has 0 saturated heterocycles. The molecule has 2 atom stereocenters. The predicted octanol–water partition coefficient (Wildman–Crippen LogP) is 9.43. The van der Waals surface area contributed by atoms with Gasteiger partial charge in [-0.15, -0.1) is 0 Å². The lowest BCUT2D eigenvalue weighted by molar-refractivity contribution is -0.142. The predicted molar refractivity (Wildman–Crippen MR) is 198 cm³/mol. The summed E-state index contributed by atoms with van der Waals surface area (Å²) in [5, 5.41) is 14.5. The highest BCUT2D eigenvalue weighted by Gasteiger charge is 2.40. The Labute approximate surface area is 291 Å². The second kappa shape index (κ2) is 16.1. The van der Waals surface area contributed by atoms with E-state index in [0.717, 1.165) is 27.9 Å². The first-order chi connectivity index (χ1) is 23.1. The molecule has 1 heterocycles. The Kier molecular flexibility index (Phi) is 12.4. The molecule has 9 heteroatoms. The lowest BCUT2D eigenvalue weighted by Gasteiger charge is -2.39. The van der Waals surface area contributed by atoms with Gasteiger partial charge >= 0.3 is 5.97 Å². The summed E-state index contributed by atoms with van der Waals surface area (Å²) in [6, 6.07) is 25.3. The number of carbonyl (C=O) groups excluding carboxylic acids is 2. The normalized spacial score (nSPS) is 13.3. The van der Waals surface area contributed by atoms with Crippen molar-refractivity contribution in [2.75, 3.05) is 12.4 Å². The minimum absolute atomic E-state index is 0.0469. The van der Waals surface area contributed by atoms with Crippen LogP contribution in [0.2, 0.25) is 18.1 Å². The number of aromatic nitrogens is 1. The Bertz CT molecular complexity index is 1700. The Morgan fingerprint density at radius 1 is 0.898 bits per heavy atom. The summed E-state index contributed by atoms with van der Waals surface area (Å²) < 4.78 is 27.9. The maximum atomic E-state index is 14.3. The number of nitrogens with one attached hydrogen (secondary N) is 1. The number of hydrogen-bond donors (Lipinski definition) is 2. The van der Waals surface area contributed by atoms with Crippen LogP contribution in [0.25, 0.3) is 22.3 Å². The zero-order valence-corrected chi connectivity index (χ0v) is 31.0. The van der Waals surface area contributed by atoms with Crippen LogP contribution in [0.4, 0.5) is 10.1 Å². The minimum Gasteiger partial charge on any atom is -0.469 e. The van der Waals surface area contributed by atoms with Gasteiger partial charge in [-0.25, -0.2) is 4.39 Å². The van der Waals surface area contributed by atoms with E-state index in [1.54, 1.807) is 12.1 Å². The van der Waals surface area contributed by atoms with Gasteiger partial charge in [-0.05, 0) is 86.6 Å². The van der Waals surface area contributed by atoms with Crippen LogP contribution in [-0.4, -0.2) is 49.2 Å². The molecule has 262 valence electrons. The molecule has 0 bridgehead atoms. The number of methoxy groups -OCH3 is 1. The first kappa shape index (κ1) is 37.8. The SMILES string of the molecule is COC(=O)C[C@@H](CC(O)CCc1c(-c2ccc(F)cc2)c(-c2ccccc2)c(C(=O)Nc2ccccc2)n1C(C)C)O[Si](C)(C)C(C)(C)C. The van der Waals surface area contributed by atoms with Gasteiger partial charge in [-0.2, -0.15) is 0 Å². The number of halogens is 1. The number of nitrogens with zero attached hydrogens (tertiary/aromatic N) is 1. The lowest BCUT2D eigenvalue weighted by atomic mass is 9.92. The topological polar surface area (TPSA) is 89.8 Å². The number of hydrogen-bond acceptors (Lipinski definition) is 5. The van der Waals surface area contributed by atoms with E-state index in [-0.39, 0.29) is 41.6 Å². The Hall–Kier alpha value is -4.05. The fourth-order valence-corrected chi connectivity index (χ4v) is 7.33. The van der Waals surface area contributed by atoms with E-state index in [2.05, 4.69) is 39.2 Å². The van der Waals surface area contributed by atoms with Crippen molar-refractivity contribution >= 4 is 25.9 Å². The molecular formula is C40H51FN2O5Si. The highest BCUT2D eigenvalue weighted by Crippen LogP contribution is 2.43. The molecule has 4 rings (SSSR count). The molecule has 0 aliphatic heterocycles. The Balaban J connectivity index is 1.82. The molecular weight excluding hydrogens is 636 g/mol. The maximum absolute atomic E-state index is 14.3. The summed E-state index contributed by atoms with van der Waals surface area (Å²) in [6.45, 7) is 14.7. The van der Waals surface area contributed by atoms with Crippen molar-refractivity contribution < 1.29 is 28.2 Å². The summed E-state index contributed by atoms with van der Waals surface area (Å²) >= 11 is 0. The number of aliphatic hydroxyl groups is 1. The first-order valence-corrected chi connectivity index (χ1v) is 19.9. The summed E-state index contributed by atoms with van der Waals surface area (Å²) in [6.07, 6.45) is -0.261. The molecule has 0 aliphatic rings. The van der Waals surface area contributed by atoms with Gasteiger partial charge in [0.1, 0.15) is 11.5 Å². The molecule has 3 aromatic carbocycles. The van der Waals surface area contributed by atoms with E-state index in [1.165, 1.54) is 19.2 Å². The number of carbonyl (C=O) groups is 2. The Morgan fingerprint density at radius 2 is 1.47 bits per heavy atom. The van der Waals surface area contributed by atoms with Crippen molar-refractivity contribution in [2.24, 2.45) is 0 Å². The van der Waals surface area contributed by atoms with Gasteiger partial charge in [-0.1, -0.05) is 81.4 Å². The second-order valence-corrected chi connectivity index (χ2v) is 19.2. The first-order valence-electron chi connectivity index (χ1n) is 17.0. The van der Waals surface area contributed by atoms with Crippen LogP contribution < -0.4 is 5.32 Å². The van der Waals surface area contributed by atoms with Gasteiger partial charge in [0.15, 0.2) is 8.32 Å². The molecule has 4 aromatic rings. The highest BCUT2D eigenvalue weighted by atomic mass is 28.4. The summed E-state index contributed by atoms with van der Waals surface area (Å²) in [7, 11) is -0.911. The van der Waals surface area contributed by atoms with Gasteiger partial charge in [0.2, 0.25) is 0 Å². The van der Waals surface area contributed by atoms with Crippen LogP contribution in [0.15, 0.2) is 84.9 Å². The van der Waals surface area contributed by atoms with Crippen molar-refractivity contribution in [3.05, 3.63) is 102 Å². The van der Waals surface area contributed by atoms with E-state index in [0.29, 0.717) is 24.2 Å². The number of esters is 1. The quantitative estimate of drug-likeness (QED) is 0.102. The van der Waals surface area contributed by atoms with Crippen LogP contribution in [-0.2, 0) is 20.4 Å². The van der Waals surface area contributed by atoms with Gasteiger partial charge < -0.3 is 24.2 Å². The van der Waals surface area contributed by atoms with Gasteiger partial charge in [-0.3, -0.25) is 9.59 Å². The van der Waals surface area contributed by atoms with Crippen molar-refractivity contribution in [3.63, 3.8) is 0 Å². The molecule has 49 heavy (non-hydrogen) atoms.